The molecule has 11 heteroatoms. The SMILES string of the molecule is CC(=O)Cn1nc([N+](=O)[O-])c([N+](=O)[O-])c1C(=O)O. The lowest BCUT2D eigenvalue weighted by molar-refractivity contribution is -0.424. The summed E-state index contributed by atoms with van der Waals surface area (Å²) in [6, 6.07) is 0. The highest BCUT2D eigenvalue weighted by atomic mass is 16.6. The molecule has 0 aliphatic rings. The Labute approximate surface area is 97.9 Å². The van der Waals surface area contributed by atoms with Crippen LogP contribution in [0, 0.1) is 20.2 Å². The van der Waals surface area contributed by atoms with Gasteiger partial charge in [0, 0.05) is 0 Å². The fourth-order valence-corrected chi connectivity index (χ4v) is 1.27. The highest BCUT2D eigenvalue weighted by Gasteiger charge is 2.41. The molecule has 0 bridgehead atoms. The van der Waals surface area contributed by atoms with Gasteiger partial charge in [0.1, 0.15) is 6.54 Å². The van der Waals surface area contributed by atoms with Crippen LogP contribution in [0.15, 0.2) is 0 Å². The van der Waals surface area contributed by atoms with Crippen molar-refractivity contribution in [2.24, 2.45) is 0 Å². The van der Waals surface area contributed by atoms with Gasteiger partial charge < -0.3 is 15.2 Å². The summed E-state index contributed by atoms with van der Waals surface area (Å²) in [5.74, 6) is -3.54. The van der Waals surface area contributed by atoms with Crippen molar-refractivity contribution in [3.8, 4) is 0 Å². The van der Waals surface area contributed by atoms with Crippen LogP contribution in [0.1, 0.15) is 17.4 Å². The lowest BCUT2D eigenvalue weighted by atomic mass is 10.3. The maximum absolute atomic E-state index is 10.9. The van der Waals surface area contributed by atoms with E-state index in [-0.39, 0.29) is 0 Å². The number of carboxylic acids is 1. The summed E-state index contributed by atoms with van der Waals surface area (Å²) in [6.45, 7) is 0.487. The molecule has 0 fully saturated rings. The summed E-state index contributed by atoms with van der Waals surface area (Å²) in [4.78, 5) is 40.5. The zero-order valence-electron chi connectivity index (χ0n) is 8.89. The molecule has 0 unspecified atom stereocenters. The third-order valence-corrected chi connectivity index (χ3v) is 1.84. The summed E-state index contributed by atoms with van der Waals surface area (Å²) < 4.78 is 0.431. The van der Waals surface area contributed by atoms with Crippen molar-refractivity contribution in [1.29, 1.82) is 0 Å². The molecule has 0 amide bonds. The third kappa shape index (κ3) is 2.28. The van der Waals surface area contributed by atoms with Gasteiger partial charge in [-0.25, -0.2) is 4.79 Å². The summed E-state index contributed by atoms with van der Waals surface area (Å²) in [5, 5.41) is 33.2. The number of hydrogen-bond acceptors (Lipinski definition) is 7. The minimum Gasteiger partial charge on any atom is -0.476 e. The highest BCUT2D eigenvalue weighted by Crippen LogP contribution is 2.29. The summed E-state index contributed by atoms with van der Waals surface area (Å²) in [5.41, 5.74) is -2.24. The number of rotatable bonds is 5. The van der Waals surface area contributed by atoms with Crippen molar-refractivity contribution in [1.82, 2.24) is 9.78 Å². The molecule has 0 spiro atoms. The van der Waals surface area contributed by atoms with Crippen LogP contribution in [0.25, 0.3) is 0 Å². The van der Waals surface area contributed by atoms with Crippen LogP contribution in [0.4, 0.5) is 11.5 Å². The largest absolute Gasteiger partial charge is 0.476 e. The first kappa shape index (κ1) is 13.2. The predicted octanol–water partition coefficient (Wildman–Crippen LogP) is -0.0133. The van der Waals surface area contributed by atoms with E-state index in [0.717, 1.165) is 6.92 Å². The van der Waals surface area contributed by atoms with Crippen molar-refractivity contribution in [3.63, 3.8) is 0 Å². The second-order valence-corrected chi connectivity index (χ2v) is 3.20. The molecule has 0 aliphatic heterocycles. The number of carbonyl (C=O) groups excluding carboxylic acids is 1. The molecule has 11 nitrogen and oxygen atoms in total. The number of hydrogen-bond donors (Lipinski definition) is 1. The average molecular weight is 258 g/mol. The molecule has 18 heavy (non-hydrogen) atoms. The Morgan fingerprint density at radius 1 is 1.33 bits per heavy atom. The van der Waals surface area contributed by atoms with Crippen LogP contribution >= 0.6 is 0 Å². The zero-order valence-corrected chi connectivity index (χ0v) is 8.89. The Balaban J connectivity index is 3.58. The zero-order chi connectivity index (χ0) is 14.0. The molecule has 0 saturated carbocycles. The van der Waals surface area contributed by atoms with Crippen LogP contribution in [0.5, 0.6) is 0 Å². The van der Waals surface area contributed by atoms with Gasteiger partial charge in [0.25, 0.3) is 5.69 Å². The molecule has 96 valence electrons. The maximum atomic E-state index is 10.9. The summed E-state index contributed by atoms with van der Waals surface area (Å²) in [7, 11) is 0. The van der Waals surface area contributed by atoms with Gasteiger partial charge in [-0.2, -0.15) is 4.68 Å². The highest BCUT2D eigenvalue weighted by molar-refractivity contribution is 5.93. The van der Waals surface area contributed by atoms with E-state index in [1.54, 1.807) is 0 Å². The molecule has 1 N–H and O–H groups in total. The van der Waals surface area contributed by atoms with Gasteiger partial charge in [0.2, 0.25) is 0 Å². The van der Waals surface area contributed by atoms with Crippen LogP contribution in [0.2, 0.25) is 0 Å². The Kier molecular flexibility index (Phi) is 3.35. The minimum absolute atomic E-state index is 0.431. The van der Waals surface area contributed by atoms with Gasteiger partial charge >= 0.3 is 17.5 Å². The van der Waals surface area contributed by atoms with Gasteiger partial charge in [-0.05, 0) is 11.8 Å². The van der Waals surface area contributed by atoms with Crippen molar-refractivity contribution < 1.29 is 24.5 Å². The Morgan fingerprint density at radius 3 is 2.22 bits per heavy atom. The van der Waals surface area contributed by atoms with E-state index in [1.807, 2.05) is 0 Å². The summed E-state index contributed by atoms with van der Waals surface area (Å²) in [6.07, 6.45) is 0. The van der Waals surface area contributed by atoms with Gasteiger partial charge in [-0.3, -0.25) is 14.9 Å². The van der Waals surface area contributed by atoms with Crippen molar-refractivity contribution in [3.05, 3.63) is 25.9 Å². The van der Waals surface area contributed by atoms with E-state index in [1.165, 1.54) is 0 Å². The van der Waals surface area contributed by atoms with Gasteiger partial charge in [0.15, 0.2) is 5.78 Å². The van der Waals surface area contributed by atoms with Crippen molar-refractivity contribution >= 4 is 23.3 Å². The van der Waals surface area contributed by atoms with E-state index in [4.69, 9.17) is 5.11 Å². The van der Waals surface area contributed by atoms with Crippen LogP contribution in [0.3, 0.4) is 0 Å². The molecule has 0 aliphatic carbocycles. The second-order valence-electron chi connectivity index (χ2n) is 3.20. The monoisotopic (exact) mass is 258 g/mol. The number of aromatic carboxylic acids is 1. The lowest BCUT2D eigenvalue weighted by Crippen LogP contribution is -2.15. The molecule has 0 saturated heterocycles. The first-order valence-corrected chi connectivity index (χ1v) is 4.38. The third-order valence-electron chi connectivity index (χ3n) is 1.84. The van der Waals surface area contributed by atoms with Crippen LogP contribution < -0.4 is 0 Å². The first-order valence-electron chi connectivity index (χ1n) is 4.38. The molecule has 0 aromatic carbocycles. The Hall–Kier alpha value is -2.85. The van der Waals surface area contributed by atoms with Gasteiger partial charge in [0.05, 0.1) is 10.0 Å². The molecule has 0 atom stereocenters. The molecular weight excluding hydrogens is 252 g/mol. The quantitative estimate of drug-likeness (QED) is 0.569. The van der Waals surface area contributed by atoms with Gasteiger partial charge in [-0.1, -0.05) is 0 Å². The average Bonchev–Trinajstić information content (AvgIpc) is 2.55. The maximum Gasteiger partial charge on any atom is 0.468 e. The normalized spacial score (nSPS) is 10.1. The standard InChI is InChI=1S/C7H6N4O7/c1-3(12)2-9-5(7(13)14)4(10(15)16)6(8-9)11(17)18/h2H2,1H3,(H,13,14). The molecule has 0 radical (unpaired) electrons. The van der Waals surface area contributed by atoms with Crippen molar-refractivity contribution in [2.45, 2.75) is 13.5 Å². The van der Waals surface area contributed by atoms with E-state index in [9.17, 15) is 29.8 Å². The second kappa shape index (κ2) is 4.57. The molecule has 1 aromatic rings. The number of carbonyl (C=O) groups is 2. The molecule has 1 rings (SSSR count). The van der Waals surface area contributed by atoms with E-state index < -0.39 is 45.3 Å². The van der Waals surface area contributed by atoms with E-state index >= 15 is 0 Å². The topological polar surface area (TPSA) is 158 Å². The van der Waals surface area contributed by atoms with Crippen LogP contribution in [-0.4, -0.2) is 36.5 Å². The number of ketones is 1. The lowest BCUT2D eigenvalue weighted by Gasteiger charge is -1.94. The predicted molar refractivity (Wildman–Crippen MR) is 53.2 cm³/mol. The number of nitro groups is 2. The van der Waals surface area contributed by atoms with Crippen LogP contribution in [-0.2, 0) is 11.3 Å². The van der Waals surface area contributed by atoms with E-state index in [0.29, 0.717) is 4.68 Å². The Morgan fingerprint density at radius 2 is 1.89 bits per heavy atom. The first-order chi connectivity index (χ1) is 8.25. The Bertz CT molecular complexity index is 560. The number of carboxylic acid groups (broad SMARTS) is 1. The molecular formula is C7H6N4O7. The number of aromatic nitrogens is 2. The minimum atomic E-state index is -1.77. The number of nitrogens with zero attached hydrogens (tertiary/aromatic N) is 4. The number of Topliss-reactive ketones (excluding diaryl/α,β-unsaturated/α-hetero) is 1. The van der Waals surface area contributed by atoms with Crippen molar-refractivity contribution in [2.75, 3.05) is 0 Å². The fourth-order valence-electron chi connectivity index (χ4n) is 1.27. The smallest absolute Gasteiger partial charge is 0.468 e. The fraction of sp³-hybridized carbons (Fsp3) is 0.286. The summed E-state index contributed by atoms with van der Waals surface area (Å²) >= 11 is 0. The van der Waals surface area contributed by atoms with E-state index in [2.05, 4.69) is 5.10 Å². The molecule has 1 aromatic heterocycles. The van der Waals surface area contributed by atoms with Gasteiger partial charge in [-0.15, -0.1) is 0 Å². The molecule has 1 heterocycles.